The van der Waals surface area contributed by atoms with Gasteiger partial charge in [0, 0.05) is 25.0 Å². The lowest BCUT2D eigenvalue weighted by molar-refractivity contribution is 0.465. The van der Waals surface area contributed by atoms with E-state index in [1.807, 2.05) is 19.1 Å². The van der Waals surface area contributed by atoms with Crippen LogP contribution in [0, 0.1) is 12.7 Å². The number of hydrogen-bond donors (Lipinski definition) is 2. The molecule has 0 atom stereocenters. The van der Waals surface area contributed by atoms with Gasteiger partial charge in [-0.1, -0.05) is 32.9 Å². The van der Waals surface area contributed by atoms with Gasteiger partial charge in [0.1, 0.15) is 5.82 Å². The Kier molecular flexibility index (Phi) is 5.76. The maximum atomic E-state index is 13.3. The molecule has 3 heteroatoms. The summed E-state index contributed by atoms with van der Waals surface area (Å²) in [5.74, 6) is -0.130. The van der Waals surface area contributed by atoms with Crippen molar-refractivity contribution < 1.29 is 4.39 Å². The average molecular weight is 252 g/mol. The first-order valence-electron chi connectivity index (χ1n) is 6.65. The van der Waals surface area contributed by atoms with Gasteiger partial charge in [0.05, 0.1) is 0 Å². The van der Waals surface area contributed by atoms with Crippen LogP contribution in [0.4, 0.5) is 4.39 Å². The van der Waals surface area contributed by atoms with Crippen LogP contribution in [0.15, 0.2) is 18.2 Å². The lowest BCUT2D eigenvalue weighted by Crippen LogP contribution is -2.36. The van der Waals surface area contributed by atoms with Crippen molar-refractivity contribution in [2.24, 2.45) is 0 Å². The van der Waals surface area contributed by atoms with Crippen molar-refractivity contribution in [3.63, 3.8) is 0 Å². The first kappa shape index (κ1) is 15.1. The van der Waals surface area contributed by atoms with Crippen LogP contribution in [-0.2, 0) is 5.41 Å². The van der Waals surface area contributed by atoms with E-state index >= 15 is 0 Å². The SMILES string of the molecule is CCNCCNCC(C)(C)c1ccc(F)c(C)c1. The van der Waals surface area contributed by atoms with Crippen LogP contribution in [0.2, 0.25) is 0 Å². The minimum atomic E-state index is -0.130. The van der Waals surface area contributed by atoms with Gasteiger partial charge in [-0.25, -0.2) is 4.39 Å². The van der Waals surface area contributed by atoms with Crippen molar-refractivity contribution in [3.05, 3.63) is 35.1 Å². The largest absolute Gasteiger partial charge is 0.316 e. The number of likely N-dealkylation sites (N-methyl/N-ethyl adjacent to an activating group) is 1. The van der Waals surface area contributed by atoms with Crippen molar-refractivity contribution in [2.45, 2.75) is 33.1 Å². The highest BCUT2D eigenvalue weighted by Crippen LogP contribution is 2.24. The van der Waals surface area contributed by atoms with Crippen LogP contribution < -0.4 is 10.6 Å². The van der Waals surface area contributed by atoms with Gasteiger partial charge in [0.25, 0.3) is 0 Å². The molecule has 0 aliphatic heterocycles. The van der Waals surface area contributed by atoms with Crippen molar-refractivity contribution in [3.8, 4) is 0 Å². The Morgan fingerprint density at radius 1 is 1.17 bits per heavy atom. The smallest absolute Gasteiger partial charge is 0.126 e. The molecule has 0 saturated heterocycles. The van der Waals surface area contributed by atoms with Gasteiger partial charge in [-0.2, -0.15) is 0 Å². The highest BCUT2D eigenvalue weighted by molar-refractivity contribution is 5.29. The molecule has 2 N–H and O–H groups in total. The zero-order chi connectivity index (χ0) is 13.6. The van der Waals surface area contributed by atoms with Crippen LogP contribution in [0.3, 0.4) is 0 Å². The third-order valence-corrected chi connectivity index (χ3v) is 3.23. The molecule has 18 heavy (non-hydrogen) atoms. The first-order chi connectivity index (χ1) is 8.47. The Hall–Kier alpha value is -0.930. The summed E-state index contributed by atoms with van der Waals surface area (Å²) in [5.41, 5.74) is 1.91. The van der Waals surface area contributed by atoms with Gasteiger partial charge in [-0.05, 0) is 30.7 Å². The molecule has 1 rings (SSSR count). The molecule has 0 radical (unpaired) electrons. The molecule has 0 spiro atoms. The summed E-state index contributed by atoms with van der Waals surface area (Å²) < 4.78 is 13.3. The van der Waals surface area contributed by atoms with Gasteiger partial charge >= 0.3 is 0 Å². The van der Waals surface area contributed by atoms with Crippen molar-refractivity contribution in [2.75, 3.05) is 26.2 Å². The van der Waals surface area contributed by atoms with E-state index in [2.05, 4.69) is 31.4 Å². The quantitative estimate of drug-likeness (QED) is 0.729. The summed E-state index contributed by atoms with van der Waals surface area (Å²) >= 11 is 0. The summed E-state index contributed by atoms with van der Waals surface area (Å²) in [7, 11) is 0. The number of aryl methyl sites for hydroxylation is 1. The number of halogens is 1. The topological polar surface area (TPSA) is 24.1 Å². The van der Waals surface area contributed by atoms with E-state index < -0.39 is 0 Å². The lowest BCUT2D eigenvalue weighted by Gasteiger charge is -2.26. The highest BCUT2D eigenvalue weighted by atomic mass is 19.1. The molecule has 2 nitrogen and oxygen atoms in total. The van der Waals surface area contributed by atoms with Gasteiger partial charge < -0.3 is 10.6 Å². The lowest BCUT2D eigenvalue weighted by atomic mass is 9.84. The molecule has 0 unspecified atom stereocenters. The van der Waals surface area contributed by atoms with E-state index in [0.717, 1.165) is 26.2 Å². The Morgan fingerprint density at radius 2 is 1.83 bits per heavy atom. The molecule has 1 aromatic carbocycles. The number of hydrogen-bond acceptors (Lipinski definition) is 2. The first-order valence-corrected chi connectivity index (χ1v) is 6.65. The third-order valence-electron chi connectivity index (χ3n) is 3.23. The average Bonchev–Trinajstić information content (AvgIpc) is 2.32. The molecule has 0 saturated carbocycles. The van der Waals surface area contributed by atoms with Gasteiger partial charge in [-0.3, -0.25) is 0 Å². The molecule has 0 aromatic heterocycles. The van der Waals surface area contributed by atoms with Crippen LogP contribution >= 0.6 is 0 Å². The Morgan fingerprint density at radius 3 is 2.44 bits per heavy atom. The van der Waals surface area contributed by atoms with Crippen molar-refractivity contribution >= 4 is 0 Å². The van der Waals surface area contributed by atoms with E-state index in [1.54, 1.807) is 6.07 Å². The minimum absolute atomic E-state index is 0.0185. The fraction of sp³-hybridized carbons (Fsp3) is 0.600. The van der Waals surface area contributed by atoms with Crippen LogP contribution in [0.25, 0.3) is 0 Å². The molecule has 0 amide bonds. The fourth-order valence-electron chi connectivity index (χ4n) is 1.92. The van der Waals surface area contributed by atoms with E-state index in [9.17, 15) is 4.39 Å². The maximum absolute atomic E-state index is 13.3. The monoisotopic (exact) mass is 252 g/mol. The molecule has 0 fully saturated rings. The zero-order valence-corrected chi connectivity index (χ0v) is 11.9. The van der Waals surface area contributed by atoms with Crippen molar-refractivity contribution in [1.29, 1.82) is 0 Å². The van der Waals surface area contributed by atoms with Gasteiger partial charge in [-0.15, -0.1) is 0 Å². The summed E-state index contributed by atoms with van der Waals surface area (Å²) in [6.45, 7) is 12.1. The van der Waals surface area contributed by atoms with Crippen LogP contribution in [-0.4, -0.2) is 26.2 Å². The molecule has 102 valence electrons. The Bertz CT molecular complexity index is 375. The summed E-state index contributed by atoms with van der Waals surface area (Å²) in [6, 6.07) is 5.39. The second-order valence-electron chi connectivity index (χ2n) is 5.38. The van der Waals surface area contributed by atoms with E-state index in [4.69, 9.17) is 0 Å². The van der Waals surface area contributed by atoms with E-state index in [1.165, 1.54) is 5.56 Å². The molecule has 0 aliphatic carbocycles. The molecular weight excluding hydrogens is 227 g/mol. The second-order valence-corrected chi connectivity index (χ2v) is 5.38. The van der Waals surface area contributed by atoms with Gasteiger partial charge in [0.2, 0.25) is 0 Å². The predicted molar refractivity (Wildman–Crippen MR) is 75.6 cm³/mol. The fourth-order valence-corrected chi connectivity index (χ4v) is 1.92. The normalized spacial score (nSPS) is 11.8. The van der Waals surface area contributed by atoms with Crippen LogP contribution in [0.5, 0.6) is 0 Å². The second kappa shape index (κ2) is 6.86. The molecule has 1 aromatic rings. The van der Waals surface area contributed by atoms with Crippen molar-refractivity contribution in [1.82, 2.24) is 10.6 Å². The number of benzene rings is 1. The van der Waals surface area contributed by atoms with Gasteiger partial charge in [0.15, 0.2) is 0 Å². The Labute approximate surface area is 110 Å². The molecule has 0 aliphatic rings. The predicted octanol–water partition coefficient (Wildman–Crippen LogP) is 2.61. The van der Waals surface area contributed by atoms with Crippen LogP contribution in [0.1, 0.15) is 31.9 Å². The minimum Gasteiger partial charge on any atom is -0.316 e. The standard InChI is InChI=1S/C15H25FN2/c1-5-17-8-9-18-11-15(3,4)13-6-7-14(16)12(2)10-13/h6-7,10,17-18H,5,8-9,11H2,1-4H3. The molecular formula is C15H25FN2. The number of nitrogens with one attached hydrogen (secondary N) is 2. The maximum Gasteiger partial charge on any atom is 0.126 e. The zero-order valence-electron chi connectivity index (χ0n) is 11.9. The number of rotatable bonds is 7. The Balaban J connectivity index is 2.54. The van der Waals surface area contributed by atoms with E-state index in [0.29, 0.717) is 5.56 Å². The summed E-state index contributed by atoms with van der Waals surface area (Å²) in [4.78, 5) is 0. The molecule has 0 bridgehead atoms. The molecule has 0 heterocycles. The highest BCUT2D eigenvalue weighted by Gasteiger charge is 2.20. The summed E-state index contributed by atoms with van der Waals surface area (Å²) in [6.07, 6.45) is 0. The third kappa shape index (κ3) is 4.39. The van der Waals surface area contributed by atoms with E-state index in [-0.39, 0.29) is 11.2 Å². The summed E-state index contributed by atoms with van der Waals surface area (Å²) in [5, 5.41) is 6.72.